The monoisotopic (exact) mass is 328 g/mol. The third-order valence-electron chi connectivity index (χ3n) is 3.74. The Kier molecular flexibility index (Phi) is 4.46. The molecule has 24 heavy (non-hydrogen) atoms. The van der Waals surface area contributed by atoms with Crippen molar-refractivity contribution >= 4 is 17.5 Å². The summed E-state index contributed by atoms with van der Waals surface area (Å²) in [4.78, 5) is 23.7. The van der Waals surface area contributed by atoms with Gasteiger partial charge in [-0.15, -0.1) is 0 Å². The van der Waals surface area contributed by atoms with Crippen LogP contribution in [0.15, 0.2) is 42.5 Å². The lowest BCUT2D eigenvalue weighted by Crippen LogP contribution is -2.34. The average Bonchev–Trinajstić information content (AvgIpc) is 2.56. The van der Waals surface area contributed by atoms with Gasteiger partial charge in [-0.05, 0) is 42.3 Å². The maximum atomic E-state index is 12.8. The summed E-state index contributed by atoms with van der Waals surface area (Å²) in [6.07, 6.45) is -0.345. The quantitative estimate of drug-likeness (QED) is 0.906. The van der Waals surface area contributed by atoms with Crippen molar-refractivity contribution in [3.05, 3.63) is 59.4 Å². The van der Waals surface area contributed by atoms with Crippen LogP contribution in [-0.4, -0.2) is 17.9 Å². The van der Waals surface area contributed by atoms with Crippen LogP contribution in [0, 0.1) is 5.82 Å². The normalized spacial score (nSPS) is 15.9. The largest absolute Gasteiger partial charge is 0.479 e. The van der Waals surface area contributed by atoms with Crippen LogP contribution < -0.4 is 15.4 Å². The fourth-order valence-electron chi connectivity index (χ4n) is 2.42. The Labute approximate surface area is 138 Å². The Balaban J connectivity index is 1.59. The molecular formula is C18H17FN2O3. The second-order valence-corrected chi connectivity index (χ2v) is 5.66. The predicted molar refractivity (Wildman–Crippen MR) is 87.1 cm³/mol. The topological polar surface area (TPSA) is 67.4 Å². The van der Waals surface area contributed by atoms with Crippen molar-refractivity contribution < 1.29 is 18.7 Å². The Morgan fingerprint density at radius 1 is 1.21 bits per heavy atom. The van der Waals surface area contributed by atoms with Gasteiger partial charge in [-0.25, -0.2) is 4.39 Å². The van der Waals surface area contributed by atoms with Gasteiger partial charge in [0.15, 0.2) is 6.10 Å². The fourth-order valence-corrected chi connectivity index (χ4v) is 2.42. The van der Waals surface area contributed by atoms with Gasteiger partial charge in [0.25, 0.3) is 5.91 Å². The molecule has 1 aliphatic heterocycles. The van der Waals surface area contributed by atoms with Gasteiger partial charge >= 0.3 is 0 Å². The third-order valence-corrected chi connectivity index (χ3v) is 3.74. The van der Waals surface area contributed by atoms with E-state index in [1.165, 1.54) is 12.1 Å². The summed E-state index contributed by atoms with van der Waals surface area (Å²) in [5.74, 6) is -0.0774. The van der Waals surface area contributed by atoms with Gasteiger partial charge in [0.1, 0.15) is 11.6 Å². The van der Waals surface area contributed by atoms with E-state index in [1.54, 1.807) is 37.3 Å². The molecule has 5 nitrogen and oxygen atoms in total. The van der Waals surface area contributed by atoms with Crippen LogP contribution in [0.1, 0.15) is 18.1 Å². The molecule has 0 spiro atoms. The summed E-state index contributed by atoms with van der Waals surface area (Å²) in [6.45, 7) is 2.01. The highest BCUT2D eigenvalue weighted by Crippen LogP contribution is 2.30. The van der Waals surface area contributed by atoms with Gasteiger partial charge in [-0.2, -0.15) is 0 Å². The number of rotatable bonds is 4. The lowest BCUT2D eigenvalue weighted by Gasteiger charge is -2.23. The molecule has 0 saturated carbocycles. The van der Waals surface area contributed by atoms with Crippen LogP contribution in [0.25, 0.3) is 0 Å². The molecule has 1 heterocycles. The van der Waals surface area contributed by atoms with Gasteiger partial charge in [-0.3, -0.25) is 9.59 Å². The first kappa shape index (κ1) is 16.0. The first-order valence-corrected chi connectivity index (χ1v) is 7.63. The Hall–Kier alpha value is -2.89. The molecule has 2 amide bonds. The lowest BCUT2D eigenvalue weighted by atomic mass is 10.1. The number of anilines is 1. The Bertz CT molecular complexity index is 774. The van der Waals surface area contributed by atoms with Crippen molar-refractivity contribution in [2.75, 3.05) is 5.32 Å². The number of carbonyl (C=O) groups excluding carboxylic acids is 2. The number of hydrogen-bond acceptors (Lipinski definition) is 3. The summed E-state index contributed by atoms with van der Waals surface area (Å²) in [6, 6.07) is 11.2. The van der Waals surface area contributed by atoms with Crippen molar-refractivity contribution in [3.63, 3.8) is 0 Å². The van der Waals surface area contributed by atoms with Gasteiger partial charge in [0.05, 0.1) is 12.1 Å². The standard InChI is InChI=1S/C18H17FN2O3/c1-11-18(23)21-15-8-13(4-7-16(15)24-11)9-17(22)20-10-12-2-5-14(19)6-3-12/h2-8,11H,9-10H2,1H3,(H,20,22)(H,21,23). The van der Waals surface area contributed by atoms with Crippen LogP contribution in [0.4, 0.5) is 10.1 Å². The van der Waals surface area contributed by atoms with Crippen LogP contribution in [0.5, 0.6) is 5.75 Å². The molecule has 2 N–H and O–H groups in total. The molecule has 1 unspecified atom stereocenters. The molecule has 0 radical (unpaired) electrons. The van der Waals surface area contributed by atoms with Crippen LogP contribution in [0.2, 0.25) is 0 Å². The van der Waals surface area contributed by atoms with Crippen molar-refractivity contribution in [2.24, 2.45) is 0 Å². The number of fused-ring (bicyclic) bond motifs is 1. The molecule has 6 heteroatoms. The molecule has 3 rings (SSSR count). The summed E-state index contributed by atoms with van der Waals surface area (Å²) >= 11 is 0. The highest BCUT2D eigenvalue weighted by Gasteiger charge is 2.23. The average molecular weight is 328 g/mol. The minimum atomic E-state index is -0.526. The van der Waals surface area contributed by atoms with Crippen molar-refractivity contribution in [1.29, 1.82) is 0 Å². The molecule has 0 saturated heterocycles. The maximum absolute atomic E-state index is 12.8. The van der Waals surface area contributed by atoms with Crippen LogP contribution >= 0.6 is 0 Å². The van der Waals surface area contributed by atoms with E-state index in [9.17, 15) is 14.0 Å². The van der Waals surface area contributed by atoms with E-state index >= 15 is 0 Å². The Morgan fingerprint density at radius 2 is 1.92 bits per heavy atom. The van der Waals surface area contributed by atoms with E-state index in [4.69, 9.17) is 4.74 Å². The zero-order chi connectivity index (χ0) is 17.1. The highest BCUT2D eigenvalue weighted by molar-refractivity contribution is 5.97. The lowest BCUT2D eigenvalue weighted by molar-refractivity contribution is -0.122. The molecule has 1 aliphatic rings. The Morgan fingerprint density at radius 3 is 2.67 bits per heavy atom. The zero-order valence-corrected chi connectivity index (χ0v) is 13.1. The zero-order valence-electron chi connectivity index (χ0n) is 13.1. The van der Waals surface area contributed by atoms with Gasteiger partial charge in [0, 0.05) is 6.54 Å². The summed E-state index contributed by atoms with van der Waals surface area (Å²) in [5, 5.41) is 5.54. The molecule has 2 aromatic carbocycles. The number of benzene rings is 2. The molecule has 124 valence electrons. The van der Waals surface area contributed by atoms with Gasteiger partial charge < -0.3 is 15.4 Å². The third kappa shape index (κ3) is 3.71. The second-order valence-electron chi connectivity index (χ2n) is 5.66. The molecule has 0 fully saturated rings. The first-order chi connectivity index (χ1) is 11.5. The van der Waals surface area contributed by atoms with Crippen molar-refractivity contribution in [2.45, 2.75) is 26.0 Å². The van der Waals surface area contributed by atoms with E-state index < -0.39 is 6.10 Å². The number of ether oxygens (including phenoxy) is 1. The van der Waals surface area contributed by atoms with Crippen LogP contribution in [0.3, 0.4) is 0 Å². The summed E-state index contributed by atoms with van der Waals surface area (Å²) in [5.41, 5.74) is 2.16. The predicted octanol–water partition coefficient (Wildman–Crippen LogP) is 2.40. The molecule has 0 aromatic heterocycles. The van der Waals surface area contributed by atoms with Crippen LogP contribution in [-0.2, 0) is 22.6 Å². The summed E-state index contributed by atoms with van der Waals surface area (Å²) in [7, 11) is 0. The van der Waals surface area contributed by atoms with Crippen molar-refractivity contribution in [3.8, 4) is 5.75 Å². The SMILES string of the molecule is CC1Oc2ccc(CC(=O)NCc3ccc(F)cc3)cc2NC1=O. The number of halogens is 1. The molecular weight excluding hydrogens is 311 g/mol. The number of carbonyl (C=O) groups is 2. The van der Waals surface area contributed by atoms with E-state index in [1.807, 2.05) is 0 Å². The van der Waals surface area contributed by atoms with E-state index in [0.717, 1.165) is 11.1 Å². The second kappa shape index (κ2) is 6.70. The number of nitrogens with one attached hydrogen (secondary N) is 2. The molecule has 2 aromatic rings. The highest BCUT2D eigenvalue weighted by atomic mass is 19.1. The van der Waals surface area contributed by atoms with Crippen molar-refractivity contribution in [1.82, 2.24) is 5.32 Å². The first-order valence-electron chi connectivity index (χ1n) is 7.63. The van der Waals surface area contributed by atoms with E-state index in [0.29, 0.717) is 18.0 Å². The minimum Gasteiger partial charge on any atom is -0.479 e. The number of hydrogen-bond donors (Lipinski definition) is 2. The summed E-state index contributed by atoms with van der Waals surface area (Å²) < 4.78 is 18.3. The van der Waals surface area contributed by atoms with E-state index in [-0.39, 0.29) is 24.1 Å². The smallest absolute Gasteiger partial charge is 0.265 e. The van der Waals surface area contributed by atoms with Gasteiger partial charge in [-0.1, -0.05) is 18.2 Å². The van der Waals surface area contributed by atoms with E-state index in [2.05, 4.69) is 10.6 Å². The molecule has 0 aliphatic carbocycles. The maximum Gasteiger partial charge on any atom is 0.265 e. The number of amides is 2. The minimum absolute atomic E-state index is 0.157. The van der Waals surface area contributed by atoms with Gasteiger partial charge in [0.2, 0.25) is 5.91 Å². The molecule has 1 atom stereocenters. The molecule has 0 bridgehead atoms. The fraction of sp³-hybridized carbons (Fsp3) is 0.222.